The molecule has 0 bridgehead atoms. The molecule has 0 atom stereocenters. The van der Waals surface area contributed by atoms with Crippen LogP contribution in [0.3, 0.4) is 0 Å². The molecule has 1 saturated heterocycles. The zero-order valence-electron chi connectivity index (χ0n) is 11.7. The van der Waals surface area contributed by atoms with Crippen molar-refractivity contribution in [2.45, 2.75) is 38.6 Å². The Morgan fingerprint density at radius 3 is 2.45 bits per heavy atom. The van der Waals surface area contributed by atoms with Gasteiger partial charge in [-0.15, -0.1) is 0 Å². The lowest BCUT2D eigenvalue weighted by atomic mass is 10.1. The van der Waals surface area contributed by atoms with Crippen LogP contribution in [0, 0.1) is 10.1 Å². The van der Waals surface area contributed by atoms with Crippen LogP contribution in [0.15, 0.2) is 18.2 Å². The topological polar surface area (TPSA) is 84.4 Å². The lowest BCUT2D eigenvalue weighted by molar-refractivity contribution is -0.384. The highest BCUT2D eigenvalue weighted by atomic mass is 16.6. The van der Waals surface area contributed by atoms with Crippen LogP contribution in [-0.4, -0.2) is 22.9 Å². The summed E-state index contributed by atoms with van der Waals surface area (Å²) in [5, 5.41) is 10.9. The van der Waals surface area contributed by atoms with Crippen molar-refractivity contribution in [1.29, 1.82) is 0 Å². The van der Waals surface area contributed by atoms with Crippen molar-refractivity contribution in [2.24, 2.45) is 5.84 Å². The van der Waals surface area contributed by atoms with Crippen LogP contribution in [0.1, 0.15) is 37.7 Å². The molecule has 0 aromatic heterocycles. The Labute approximate surface area is 119 Å². The van der Waals surface area contributed by atoms with E-state index in [9.17, 15) is 10.1 Å². The third-order valence-electron chi connectivity index (χ3n) is 3.77. The molecular formula is C14H22N4O2. The van der Waals surface area contributed by atoms with E-state index < -0.39 is 4.92 Å². The van der Waals surface area contributed by atoms with Crippen LogP contribution in [-0.2, 0) is 6.54 Å². The quantitative estimate of drug-likeness (QED) is 0.502. The molecule has 0 aliphatic carbocycles. The SMILES string of the molecule is NNc1cc(CN2CCCCCCC2)ccc1[N+](=O)[O-]. The average molecular weight is 278 g/mol. The number of hydrogen-bond acceptors (Lipinski definition) is 5. The van der Waals surface area contributed by atoms with E-state index in [1.165, 1.54) is 38.2 Å². The second kappa shape index (κ2) is 7.21. The number of anilines is 1. The number of rotatable bonds is 4. The van der Waals surface area contributed by atoms with Gasteiger partial charge in [-0.3, -0.25) is 20.9 Å². The molecular weight excluding hydrogens is 256 g/mol. The summed E-state index contributed by atoms with van der Waals surface area (Å²) >= 11 is 0. The van der Waals surface area contributed by atoms with Crippen molar-refractivity contribution < 1.29 is 4.92 Å². The third-order valence-corrected chi connectivity index (χ3v) is 3.77. The van der Waals surface area contributed by atoms with Gasteiger partial charge in [-0.1, -0.05) is 25.3 Å². The second-order valence-electron chi connectivity index (χ2n) is 5.30. The van der Waals surface area contributed by atoms with E-state index in [-0.39, 0.29) is 5.69 Å². The van der Waals surface area contributed by atoms with E-state index in [1.807, 2.05) is 6.07 Å². The van der Waals surface area contributed by atoms with Gasteiger partial charge in [0.25, 0.3) is 5.69 Å². The van der Waals surface area contributed by atoms with Crippen molar-refractivity contribution in [3.63, 3.8) is 0 Å². The summed E-state index contributed by atoms with van der Waals surface area (Å²) in [7, 11) is 0. The first-order chi connectivity index (χ1) is 9.70. The third kappa shape index (κ3) is 3.91. The number of nitro benzene ring substituents is 1. The van der Waals surface area contributed by atoms with Crippen LogP contribution in [0.5, 0.6) is 0 Å². The van der Waals surface area contributed by atoms with E-state index in [2.05, 4.69) is 10.3 Å². The van der Waals surface area contributed by atoms with Crippen LogP contribution in [0.4, 0.5) is 11.4 Å². The fourth-order valence-corrected chi connectivity index (χ4v) is 2.69. The molecule has 6 nitrogen and oxygen atoms in total. The lowest BCUT2D eigenvalue weighted by Crippen LogP contribution is -2.27. The number of nitro groups is 1. The summed E-state index contributed by atoms with van der Waals surface area (Å²) in [6.45, 7) is 3.03. The van der Waals surface area contributed by atoms with Gasteiger partial charge in [0, 0.05) is 12.6 Å². The van der Waals surface area contributed by atoms with Gasteiger partial charge in [0.05, 0.1) is 4.92 Å². The first-order valence-corrected chi connectivity index (χ1v) is 7.17. The number of hydrazine groups is 1. The monoisotopic (exact) mass is 278 g/mol. The lowest BCUT2D eigenvalue weighted by Gasteiger charge is -2.24. The Hall–Kier alpha value is -1.66. The summed E-state index contributed by atoms with van der Waals surface area (Å²) < 4.78 is 0. The van der Waals surface area contributed by atoms with Gasteiger partial charge >= 0.3 is 0 Å². The van der Waals surface area contributed by atoms with Crippen molar-refractivity contribution >= 4 is 11.4 Å². The Morgan fingerprint density at radius 2 is 1.85 bits per heavy atom. The number of hydrogen-bond donors (Lipinski definition) is 2. The average Bonchev–Trinajstić information content (AvgIpc) is 2.41. The number of nitrogens with one attached hydrogen (secondary N) is 1. The van der Waals surface area contributed by atoms with Crippen molar-refractivity contribution in [2.75, 3.05) is 18.5 Å². The zero-order valence-corrected chi connectivity index (χ0v) is 11.7. The molecule has 1 aliphatic heterocycles. The highest BCUT2D eigenvalue weighted by molar-refractivity contribution is 5.62. The minimum absolute atomic E-state index is 0.0175. The molecule has 110 valence electrons. The van der Waals surface area contributed by atoms with E-state index >= 15 is 0 Å². The van der Waals surface area contributed by atoms with Crippen LogP contribution < -0.4 is 11.3 Å². The zero-order chi connectivity index (χ0) is 14.4. The maximum absolute atomic E-state index is 10.9. The van der Waals surface area contributed by atoms with Crippen LogP contribution in [0.25, 0.3) is 0 Å². The highest BCUT2D eigenvalue weighted by Crippen LogP contribution is 2.25. The maximum atomic E-state index is 10.9. The molecule has 1 aliphatic rings. The minimum Gasteiger partial charge on any atom is -0.318 e. The number of benzene rings is 1. The van der Waals surface area contributed by atoms with Gasteiger partial charge < -0.3 is 5.43 Å². The van der Waals surface area contributed by atoms with E-state index in [4.69, 9.17) is 5.84 Å². The summed E-state index contributed by atoms with van der Waals surface area (Å²) in [5.74, 6) is 5.37. The van der Waals surface area contributed by atoms with Gasteiger partial charge in [0.2, 0.25) is 0 Å². The molecule has 0 amide bonds. The first-order valence-electron chi connectivity index (χ1n) is 7.17. The summed E-state index contributed by atoms with van der Waals surface area (Å²) in [4.78, 5) is 12.9. The molecule has 1 heterocycles. The summed E-state index contributed by atoms with van der Waals surface area (Å²) in [6, 6.07) is 5.11. The van der Waals surface area contributed by atoms with Gasteiger partial charge in [-0.2, -0.15) is 0 Å². The van der Waals surface area contributed by atoms with E-state index in [0.29, 0.717) is 5.69 Å². The van der Waals surface area contributed by atoms with Crippen LogP contribution in [0.2, 0.25) is 0 Å². The van der Waals surface area contributed by atoms with Gasteiger partial charge in [-0.25, -0.2) is 0 Å². The molecule has 0 spiro atoms. The number of nitrogens with two attached hydrogens (primary N) is 1. The highest BCUT2D eigenvalue weighted by Gasteiger charge is 2.15. The standard InChI is InChI=1S/C14H22N4O2/c15-16-13-10-12(6-7-14(13)18(19)20)11-17-8-4-2-1-3-5-9-17/h6-7,10,16H,1-5,8-9,11,15H2. The second-order valence-corrected chi connectivity index (χ2v) is 5.30. The van der Waals surface area contributed by atoms with Gasteiger partial charge in [0.15, 0.2) is 0 Å². The molecule has 0 saturated carbocycles. The molecule has 2 rings (SSSR count). The van der Waals surface area contributed by atoms with Crippen molar-refractivity contribution in [3.05, 3.63) is 33.9 Å². The van der Waals surface area contributed by atoms with Crippen molar-refractivity contribution in [3.8, 4) is 0 Å². The van der Waals surface area contributed by atoms with Crippen molar-refractivity contribution in [1.82, 2.24) is 4.90 Å². The Kier molecular flexibility index (Phi) is 5.31. The molecule has 0 radical (unpaired) electrons. The fourth-order valence-electron chi connectivity index (χ4n) is 2.69. The molecule has 0 unspecified atom stereocenters. The molecule has 3 N–H and O–H groups in total. The Balaban J connectivity index is 2.06. The number of likely N-dealkylation sites (tertiary alicyclic amines) is 1. The largest absolute Gasteiger partial charge is 0.318 e. The smallest absolute Gasteiger partial charge is 0.293 e. The Bertz CT molecular complexity index is 456. The van der Waals surface area contributed by atoms with Gasteiger partial charge in [0.1, 0.15) is 5.69 Å². The molecule has 1 aromatic carbocycles. The molecule has 6 heteroatoms. The molecule has 20 heavy (non-hydrogen) atoms. The Morgan fingerprint density at radius 1 is 1.20 bits per heavy atom. The normalized spacial score (nSPS) is 17.2. The summed E-state index contributed by atoms with van der Waals surface area (Å²) in [5.41, 5.74) is 3.87. The molecule has 1 fully saturated rings. The number of nitrogens with zero attached hydrogens (tertiary/aromatic N) is 2. The minimum atomic E-state index is -0.422. The first kappa shape index (κ1) is 14.7. The maximum Gasteiger partial charge on any atom is 0.293 e. The molecule has 1 aromatic rings. The fraction of sp³-hybridized carbons (Fsp3) is 0.571. The predicted octanol–water partition coefficient (Wildman–Crippen LogP) is 2.65. The van der Waals surface area contributed by atoms with E-state index in [0.717, 1.165) is 25.2 Å². The predicted molar refractivity (Wildman–Crippen MR) is 79.3 cm³/mol. The van der Waals surface area contributed by atoms with E-state index in [1.54, 1.807) is 6.07 Å². The van der Waals surface area contributed by atoms with Gasteiger partial charge in [-0.05, 0) is 37.6 Å². The summed E-state index contributed by atoms with van der Waals surface area (Å²) in [6.07, 6.45) is 6.40. The van der Waals surface area contributed by atoms with Crippen LogP contribution >= 0.6 is 0 Å². The number of nitrogen functional groups attached to an aromatic ring is 1.